The van der Waals surface area contributed by atoms with E-state index in [4.69, 9.17) is 27.6 Å². The summed E-state index contributed by atoms with van der Waals surface area (Å²) in [5.74, 6) is 1.27. The van der Waals surface area contributed by atoms with Crippen LogP contribution in [0.15, 0.2) is 28.8 Å². The quantitative estimate of drug-likeness (QED) is 0.920. The van der Waals surface area contributed by atoms with Crippen molar-refractivity contribution in [2.45, 2.75) is 13.5 Å². The van der Waals surface area contributed by atoms with Gasteiger partial charge in [0, 0.05) is 10.6 Å². The molecule has 0 radical (unpaired) electrons. The highest BCUT2D eigenvalue weighted by Crippen LogP contribution is 2.30. The predicted molar refractivity (Wildman–Crippen MR) is 69.3 cm³/mol. The number of benzene rings is 1. The number of hydrogen-bond donors (Lipinski definition) is 1. The van der Waals surface area contributed by atoms with E-state index in [0.717, 1.165) is 12.1 Å². The van der Waals surface area contributed by atoms with Gasteiger partial charge in [0.1, 0.15) is 0 Å². The second kappa shape index (κ2) is 5.54. The van der Waals surface area contributed by atoms with Crippen LogP contribution in [0, 0.1) is 0 Å². The van der Waals surface area contributed by atoms with Crippen LogP contribution in [-0.4, -0.2) is 11.5 Å². The topological polar surface area (TPSA) is 38.1 Å². The molecule has 90 valence electrons. The zero-order chi connectivity index (χ0) is 12.3. The fraction of sp³-hybridized carbons (Fsp3) is 0.250. The van der Waals surface area contributed by atoms with Crippen LogP contribution in [0.3, 0.4) is 0 Å². The average Bonchev–Trinajstić information content (AvgIpc) is 2.78. The number of halogens is 2. The molecule has 0 unspecified atom stereocenters. The summed E-state index contributed by atoms with van der Waals surface area (Å²) in [6, 6.07) is 5.25. The molecule has 3 nitrogen and oxygen atoms in total. The molecule has 2 aromatic rings. The molecule has 0 atom stereocenters. The monoisotopic (exact) mass is 270 g/mol. The van der Waals surface area contributed by atoms with Crippen molar-refractivity contribution in [1.82, 2.24) is 10.3 Å². The van der Waals surface area contributed by atoms with Gasteiger partial charge in [0.2, 0.25) is 5.89 Å². The Bertz CT molecular complexity index is 511. The number of rotatable bonds is 4. The second-order valence-electron chi connectivity index (χ2n) is 3.52. The minimum Gasteiger partial charge on any atom is -0.439 e. The van der Waals surface area contributed by atoms with Crippen molar-refractivity contribution in [1.29, 1.82) is 0 Å². The van der Waals surface area contributed by atoms with Crippen LogP contribution in [0.2, 0.25) is 10.0 Å². The van der Waals surface area contributed by atoms with Crippen molar-refractivity contribution >= 4 is 23.2 Å². The molecule has 0 saturated carbocycles. The Morgan fingerprint density at radius 3 is 2.94 bits per heavy atom. The van der Waals surface area contributed by atoms with E-state index in [2.05, 4.69) is 10.3 Å². The Morgan fingerprint density at radius 2 is 2.18 bits per heavy atom. The molecule has 1 heterocycles. The Hall–Kier alpha value is -1.03. The van der Waals surface area contributed by atoms with E-state index in [1.54, 1.807) is 24.4 Å². The molecule has 0 aliphatic rings. The molecule has 0 aliphatic heterocycles. The van der Waals surface area contributed by atoms with E-state index in [-0.39, 0.29) is 0 Å². The van der Waals surface area contributed by atoms with E-state index in [9.17, 15) is 0 Å². The molecule has 0 saturated heterocycles. The highest BCUT2D eigenvalue weighted by Gasteiger charge is 2.10. The first-order valence-electron chi connectivity index (χ1n) is 5.31. The molecule has 0 aliphatic carbocycles. The molecule has 0 spiro atoms. The molecule has 0 amide bonds. The smallest absolute Gasteiger partial charge is 0.208 e. The molecule has 5 heteroatoms. The van der Waals surface area contributed by atoms with Gasteiger partial charge in [-0.2, -0.15) is 0 Å². The molecule has 1 N–H and O–H groups in total. The molecule has 17 heavy (non-hydrogen) atoms. The van der Waals surface area contributed by atoms with Gasteiger partial charge >= 0.3 is 0 Å². The first-order chi connectivity index (χ1) is 8.20. The Labute approximate surface area is 110 Å². The van der Waals surface area contributed by atoms with Gasteiger partial charge in [0.25, 0.3) is 0 Å². The third kappa shape index (κ3) is 3.00. The molecule has 1 aromatic heterocycles. The van der Waals surface area contributed by atoms with E-state index >= 15 is 0 Å². The van der Waals surface area contributed by atoms with Crippen molar-refractivity contribution < 1.29 is 4.42 Å². The number of nitrogens with one attached hydrogen (secondary N) is 1. The zero-order valence-corrected chi connectivity index (χ0v) is 10.8. The van der Waals surface area contributed by atoms with E-state index in [0.29, 0.717) is 28.2 Å². The molecular formula is C12H12Cl2N2O. The maximum Gasteiger partial charge on any atom is 0.208 e. The zero-order valence-electron chi connectivity index (χ0n) is 9.34. The summed E-state index contributed by atoms with van der Waals surface area (Å²) in [6.45, 7) is 3.50. The van der Waals surface area contributed by atoms with E-state index in [1.807, 2.05) is 6.92 Å². The Morgan fingerprint density at radius 1 is 1.35 bits per heavy atom. The first kappa shape index (κ1) is 12.4. The summed E-state index contributed by atoms with van der Waals surface area (Å²) in [4.78, 5) is 4.17. The largest absolute Gasteiger partial charge is 0.439 e. The summed E-state index contributed by atoms with van der Waals surface area (Å²) in [6.07, 6.45) is 1.66. The van der Waals surface area contributed by atoms with Gasteiger partial charge in [0.05, 0.1) is 17.8 Å². The van der Waals surface area contributed by atoms with Crippen LogP contribution in [0.25, 0.3) is 11.3 Å². The summed E-state index contributed by atoms with van der Waals surface area (Å²) in [5.41, 5.74) is 0.759. The van der Waals surface area contributed by atoms with Gasteiger partial charge in [-0.1, -0.05) is 30.1 Å². The standard InChI is InChI=1S/C12H12Cl2N2O/c1-2-15-7-12-16-6-11(17-12)9-5-8(13)3-4-10(9)14/h3-6,15H,2,7H2,1H3. The normalized spacial score (nSPS) is 10.8. The maximum atomic E-state index is 6.08. The lowest BCUT2D eigenvalue weighted by molar-refractivity contribution is 0.482. The van der Waals surface area contributed by atoms with Gasteiger partial charge < -0.3 is 9.73 Å². The molecule has 0 fully saturated rings. The Balaban J connectivity index is 2.27. The SMILES string of the molecule is CCNCc1ncc(-c2cc(Cl)ccc2Cl)o1. The van der Waals surface area contributed by atoms with Crippen LogP contribution < -0.4 is 5.32 Å². The number of aromatic nitrogens is 1. The van der Waals surface area contributed by atoms with Gasteiger partial charge in [-0.25, -0.2) is 4.98 Å². The first-order valence-corrected chi connectivity index (χ1v) is 6.07. The number of oxazole rings is 1. The third-order valence-electron chi connectivity index (χ3n) is 2.27. The average molecular weight is 271 g/mol. The lowest BCUT2D eigenvalue weighted by Crippen LogP contribution is -2.11. The van der Waals surface area contributed by atoms with Crippen LogP contribution in [0.1, 0.15) is 12.8 Å². The summed E-state index contributed by atoms with van der Waals surface area (Å²) >= 11 is 12.0. The maximum absolute atomic E-state index is 6.08. The molecule has 1 aromatic carbocycles. The minimum atomic E-state index is 0.598. The van der Waals surface area contributed by atoms with Crippen LogP contribution in [0.4, 0.5) is 0 Å². The summed E-state index contributed by atoms with van der Waals surface area (Å²) in [7, 11) is 0. The van der Waals surface area contributed by atoms with Gasteiger partial charge in [-0.05, 0) is 24.7 Å². The highest BCUT2D eigenvalue weighted by atomic mass is 35.5. The van der Waals surface area contributed by atoms with Crippen LogP contribution in [0.5, 0.6) is 0 Å². The lowest BCUT2D eigenvalue weighted by atomic mass is 10.2. The van der Waals surface area contributed by atoms with Crippen molar-refractivity contribution in [3.8, 4) is 11.3 Å². The van der Waals surface area contributed by atoms with Crippen molar-refractivity contribution in [3.05, 3.63) is 40.3 Å². The van der Waals surface area contributed by atoms with Crippen LogP contribution in [-0.2, 0) is 6.54 Å². The van der Waals surface area contributed by atoms with Crippen molar-refractivity contribution in [2.75, 3.05) is 6.54 Å². The highest BCUT2D eigenvalue weighted by molar-refractivity contribution is 6.35. The Kier molecular flexibility index (Phi) is 4.05. The fourth-order valence-corrected chi connectivity index (χ4v) is 1.82. The minimum absolute atomic E-state index is 0.598. The van der Waals surface area contributed by atoms with Gasteiger partial charge in [-0.15, -0.1) is 0 Å². The second-order valence-corrected chi connectivity index (χ2v) is 4.37. The molecule has 2 rings (SSSR count). The van der Waals surface area contributed by atoms with Gasteiger partial charge in [0.15, 0.2) is 5.76 Å². The summed E-state index contributed by atoms with van der Waals surface area (Å²) < 4.78 is 5.59. The van der Waals surface area contributed by atoms with Gasteiger partial charge in [-0.3, -0.25) is 0 Å². The predicted octanol–water partition coefficient (Wildman–Crippen LogP) is 3.76. The van der Waals surface area contributed by atoms with E-state index < -0.39 is 0 Å². The molecule has 0 bridgehead atoms. The van der Waals surface area contributed by atoms with Crippen LogP contribution >= 0.6 is 23.2 Å². The van der Waals surface area contributed by atoms with E-state index in [1.165, 1.54) is 0 Å². The number of hydrogen-bond acceptors (Lipinski definition) is 3. The molecular weight excluding hydrogens is 259 g/mol. The van der Waals surface area contributed by atoms with Crippen molar-refractivity contribution in [3.63, 3.8) is 0 Å². The third-order valence-corrected chi connectivity index (χ3v) is 2.84. The number of nitrogens with zero attached hydrogens (tertiary/aromatic N) is 1. The summed E-state index contributed by atoms with van der Waals surface area (Å²) in [5, 5.41) is 4.36. The van der Waals surface area contributed by atoms with Crippen molar-refractivity contribution in [2.24, 2.45) is 0 Å². The lowest BCUT2D eigenvalue weighted by Gasteiger charge is -2.00. The fourth-order valence-electron chi connectivity index (χ4n) is 1.43.